The van der Waals surface area contributed by atoms with Crippen LogP contribution in [-0.4, -0.2) is 5.16 Å². The third kappa shape index (κ3) is 5.87. The van der Waals surface area contributed by atoms with E-state index >= 15 is 0 Å². The number of hydrogen-bond acceptors (Lipinski definition) is 2. The highest BCUT2D eigenvalue weighted by Crippen LogP contribution is 2.31. The fourth-order valence-corrected chi connectivity index (χ4v) is 2.80. The van der Waals surface area contributed by atoms with Gasteiger partial charge in [0.05, 0.1) is 0 Å². The highest BCUT2D eigenvalue weighted by molar-refractivity contribution is 6.31. The molecule has 116 valence electrons. The number of aromatic nitrogens is 1. The number of hydrogen-bond donors (Lipinski definition) is 0. The van der Waals surface area contributed by atoms with E-state index in [4.69, 9.17) is 16.1 Å². The van der Waals surface area contributed by atoms with Crippen molar-refractivity contribution in [2.24, 2.45) is 0 Å². The molecule has 1 aromatic heterocycles. The summed E-state index contributed by atoms with van der Waals surface area (Å²) in [6, 6.07) is 0. The molecule has 0 spiro atoms. The molecule has 1 rings (SSSR count). The van der Waals surface area contributed by atoms with Gasteiger partial charge in [-0.3, -0.25) is 0 Å². The molecule has 0 aromatic carbocycles. The zero-order valence-electron chi connectivity index (χ0n) is 13.6. The van der Waals surface area contributed by atoms with Crippen molar-refractivity contribution in [1.29, 1.82) is 0 Å². The van der Waals surface area contributed by atoms with E-state index in [0.29, 0.717) is 0 Å². The first-order chi connectivity index (χ1) is 9.46. The zero-order chi connectivity index (χ0) is 15.0. The van der Waals surface area contributed by atoms with Crippen LogP contribution >= 0.6 is 11.6 Å². The maximum Gasteiger partial charge on any atom is 0.155 e. The molecule has 0 amide bonds. The minimum atomic E-state index is -0.0435. The van der Waals surface area contributed by atoms with E-state index in [9.17, 15) is 0 Å². The Morgan fingerprint density at radius 2 is 1.50 bits per heavy atom. The second kappa shape index (κ2) is 8.71. The summed E-state index contributed by atoms with van der Waals surface area (Å²) < 4.78 is 5.40. The van der Waals surface area contributed by atoms with Gasteiger partial charge in [-0.2, -0.15) is 0 Å². The van der Waals surface area contributed by atoms with Crippen LogP contribution in [0.5, 0.6) is 0 Å². The molecule has 0 aliphatic rings. The molecule has 0 saturated carbocycles. The lowest BCUT2D eigenvalue weighted by molar-refractivity contribution is 0.361. The van der Waals surface area contributed by atoms with Crippen LogP contribution in [0.2, 0.25) is 5.02 Å². The van der Waals surface area contributed by atoms with Gasteiger partial charge in [0.25, 0.3) is 0 Å². The quantitative estimate of drug-likeness (QED) is 0.499. The fraction of sp³-hybridized carbons (Fsp3) is 0.824. The minimum absolute atomic E-state index is 0.0435. The van der Waals surface area contributed by atoms with Crippen molar-refractivity contribution in [3.05, 3.63) is 16.5 Å². The third-order valence-electron chi connectivity index (χ3n) is 3.67. The fourth-order valence-electron chi connectivity index (χ4n) is 2.35. The third-order valence-corrected chi connectivity index (χ3v) is 4.06. The molecule has 0 radical (unpaired) electrons. The Morgan fingerprint density at radius 3 is 2.00 bits per heavy atom. The van der Waals surface area contributed by atoms with Gasteiger partial charge < -0.3 is 4.52 Å². The van der Waals surface area contributed by atoms with Gasteiger partial charge in [-0.05, 0) is 6.42 Å². The summed E-state index contributed by atoms with van der Waals surface area (Å²) in [7, 11) is 0. The Morgan fingerprint density at radius 1 is 0.950 bits per heavy atom. The second-order valence-electron chi connectivity index (χ2n) is 6.74. The van der Waals surface area contributed by atoms with Gasteiger partial charge in [-0.25, -0.2) is 0 Å². The van der Waals surface area contributed by atoms with Crippen molar-refractivity contribution in [2.75, 3.05) is 0 Å². The average molecular weight is 300 g/mol. The molecular weight excluding hydrogens is 270 g/mol. The smallest absolute Gasteiger partial charge is 0.155 e. The van der Waals surface area contributed by atoms with Crippen LogP contribution < -0.4 is 0 Å². The molecule has 3 heteroatoms. The number of nitrogens with zero attached hydrogens (tertiary/aromatic N) is 1. The molecule has 20 heavy (non-hydrogen) atoms. The van der Waals surface area contributed by atoms with Crippen molar-refractivity contribution in [3.63, 3.8) is 0 Å². The van der Waals surface area contributed by atoms with Gasteiger partial charge in [0.15, 0.2) is 5.76 Å². The van der Waals surface area contributed by atoms with Crippen molar-refractivity contribution >= 4 is 11.6 Å². The summed E-state index contributed by atoms with van der Waals surface area (Å²) in [6.07, 6.45) is 11.5. The van der Waals surface area contributed by atoms with E-state index < -0.39 is 0 Å². The molecule has 0 bridgehead atoms. The van der Waals surface area contributed by atoms with E-state index in [-0.39, 0.29) is 5.41 Å². The standard InChI is InChI=1S/C17H30ClNO/c1-5-6-7-8-9-10-11-12-13-14-15(18)16(19-20-14)17(2,3)4/h5-13H2,1-4H3. The summed E-state index contributed by atoms with van der Waals surface area (Å²) in [5.41, 5.74) is 0.840. The number of halogens is 1. The lowest BCUT2D eigenvalue weighted by Gasteiger charge is -2.14. The van der Waals surface area contributed by atoms with Crippen LogP contribution in [0.3, 0.4) is 0 Å². The van der Waals surface area contributed by atoms with E-state index in [1.165, 1.54) is 44.9 Å². The molecule has 0 fully saturated rings. The summed E-state index contributed by atoms with van der Waals surface area (Å²) in [5.74, 6) is 0.863. The topological polar surface area (TPSA) is 26.0 Å². The molecule has 0 saturated heterocycles. The van der Waals surface area contributed by atoms with Gasteiger partial charge in [0.1, 0.15) is 10.7 Å². The summed E-state index contributed by atoms with van der Waals surface area (Å²) in [5, 5.41) is 4.87. The summed E-state index contributed by atoms with van der Waals surface area (Å²) in [6.45, 7) is 8.58. The monoisotopic (exact) mass is 299 g/mol. The molecule has 0 aliphatic carbocycles. The Bertz CT molecular complexity index is 379. The molecule has 1 aromatic rings. The maximum atomic E-state index is 6.35. The molecular formula is C17H30ClNO. The van der Waals surface area contributed by atoms with E-state index in [1.54, 1.807) is 0 Å². The van der Waals surface area contributed by atoms with Crippen LogP contribution in [0.1, 0.15) is 90.5 Å². The first kappa shape index (κ1) is 17.6. The van der Waals surface area contributed by atoms with Crippen molar-refractivity contribution in [3.8, 4) is 0 Å². The van der Waals surface area contributed by atoms with Crippen LogP contribution in [0.15, 0.2) is 4.52 Å². The Hall–Kier alpha value is -0.500. The van der Waals surface area contributed by atoms with Crippen molar-refractivity contribution in [2.45, 2.75) is 90.9 Å². The van der Waals surface area contributed by atoms with Crippen molar-refractivity contribution in [1.82, 2.24) is 5.16 Å². The van der Waals surface area contributed by atoms with E-state index in [2.05, 4.69) is 32.9 Å². The number of rotatable bonds is 9. The molecule has 2 nitrogen and oxygen atoms in total. The SMILES string of the molecule is CCCCCCCCCCc1onc(C(C)(C)C)c1Cl. The van der Waals surface area contributed by atoms with Crippen LogP contribution in [0.25, 0.3) is 0 Å². The van der Waals surface area contributed by atoms with Crippen molar-refractivity contribution < 1.29 is 4.52 Å². The Balaban J connectivity index is 2.21. The lowest BCUT2D eigenvalue weighted by atomic mass is 9.92. The minimum Gasteiger partial charge on any atom is -0.359 e. The van der Waals surface area contributed by atoms with E-state index in [1.807, 2.05) is 0 Å². The molecule has 0 atom stereocenters. The predicted molar refractivity (Wildman–Crippen MR) is 86.5 cm³/mol. The Labute approximate surface area is 129 Å². The largest absolute Gasteiger partial charge is 0.359 e. The van der Waals surface area contributed by atoms with Gasteiger partial charge in [-0.15, -0.1) is 0 Å². The van der Waals surface area contributed by atoms with Gasteiger partial charge >= 0.3 is 0 Å². The molecule has 0 aliphatic heterocycles. The highest BCUT2D eigenvalue weighted by atomic mass is 35.5. The van der Waals surface area contributed by atoms with Gasteiger partial charge in [-0.1, -0.05) is 89.4 Å². The van der Waals surface area contributed by atoms with Gasteiger partial charge in [0, 0.05) is 11.8 Å². The lowest BCUT2D eigenvalue weighted by Crippen LogP contribution is -2.12. The van der Waals surface area contributed by atoms with Gasteiger partial charge in [0.2, 0.25) is 0 Å². The zero-order valence-corrected chi connectivity index (χ0v) is 14.4. The average Bonchev–Trinajstić information content (AvgIpc) is 2.74. The second-order valence-corrected chi connectivity index (χ2v) is 7.12. The number of aryl methyl sites for hydroxylation is 1. The molecule has 0 N–H and O–H groups in total. The molecule has 1 heterocycles. The maximum absolute atomic E-state index is 6.35. The van der Waals surface area contributed by atoms with Crippen LogP contribution in [0.4, 0.5) is 0 Å². The first-order valence-electron chi connectivity index (χ1n) is 8.11. The van der Waals surface area contributed by atoms with E-state index in [0.717, 1.165) is 29.3 Å². The summed E-state index contributed by atoms with van der Waals surface area (Å²) in [4.78, 5) is 0. The normalized spacial score (nSPS) is 12.1. The first-order valence-corrected chi connectivity index (χ1v) is 8.49. The highest BCUT2D eigenvalue weighted by Gasteiger charge is 2.24. The predicted octanol–water partition coefficient (Wildman–Crippen LogP) is 6.31. The van der Waals surface area contributed by atoms with Crippen LogP contribution in [-0.2, 0) is 11.8 Å². The summed E-state index contributed by atoms with van der Waals surface area (Å²) >= 11 is 6.35. The molecule has 0 unspecified atom stereocenters. The number of unbranched alkanes of at least 4 members (excludes halogenated alkanes) is 7. The Kier molecular flexibility index (Phi) is 7.65. The van der Waals surface area contributed by atoms with Crippen LogP contribution in [0, 0.1) is 0 Å².